The Bertz CT molecular complexity index is 998. The van der Waals surface area contributed by atoms with Gasteiger partial charge in [0.25, 0.3) is 0 Å². The summed E-state index contributed by atoms with van der Waals surface area (Å²) in [7, 11) is 0. The maximum absolute atomic E-state index is 13.2. The van der Waals surface area contributed by atoms with Gasteiger partial charge < -0.3 is 24.8 Å². The summed E-state index contributed by atoms with van der Waals surface area (Å²) in [5, 5.41) is 11.6. The molecule has 2 saturated heterocycles. The molecule has 3 amide bonds. The van der Waals surface area contributed by atoms with Crippen molar-refractivity contribution < 1.29 is 18.7 Å². The van der Waals surface area contributed by atoms with E-state index in [0.717, 1.165) is 43.6 Å². The van der Waals surface area contributed by atoms with Crippen LogP contribution in [0, 0.1) is 5.82 Å². The topological polar surface area (TPSA) is 90.9 Å². The monoisotopic (exact) mass is 498 g/mol. The Labute approximate surface area is 211 Å². The summed E-state index contributed by atoms with van der Waals surface area (Å²) in [6, 6.07) is 9.74. The molecule has 2 aliphatic heterocycles. The van der Waals surface area contributed by atoms with Gasteiger partial charge in [0, 0.05) is 51.4 Å². The zero-order chi connectivity index (χ0) is 25.3. The number of urea groups is 1. The molecular formula is C26H35FN6O3. The maximum atomic E-state index is 13.2. The Hall–Kier alpha value is -3.27. The number of nitrogens with zero attached hydrogens (tertiary/aromatic N) is 5. The second kappa shape index (κ2) is 12.6. The molecule has 1 atom stereocenters. The molecule has 194 valence electrons. The standard InChI is InChI=1S/C26H35FN6O3/c1-2-12-28-26(35)33(18-22-5-3-17-36-22)19-25(34)32-14-4-13-31(15-16-32)24-11-10-23(29-30-24)20-6-8-21(27)9-7-20/h6-11,22H,2-5,12-19H2,1H3,(H,28,35). The minimum atomic E-state index is -0.288. The van der Waals surface area contributed by atoms with Crippen LogP contribution in [0.25, 0.3) is 11.3 Å². The summed E-state index contributed by atoms with van der Waals surface area (Å²) in [5.74, 6) is 0.400. The van der Waals surface area contributed by atoms with Crippen molar-refractivity contribution in [3.8, 4) is 11.3 Å². The van der Waals surface area contributed by atoms with Gasteiger partial charge in [-0.25, -0.2) is 9.18 Å². The summed E-state index contributed by atoms with van der Waals surface area (Å²) in [6.45, 7) is 6.31. The van der Waals surface area contributed by atoms with E-state index in [1.807, 2.05) is 24.0 Å². The first-order valence-corrected chi connectivity index (χ1v) is 12.8. The van der Waals surface area contributed by atoms with Crippen LogP contribution in [0.2, 0.25) is 0 Å². The molecule has 3 heterocycles. The minimum Gasteiger partial charge on any atom is -0.376 e. The number of hydrogen-bond acceptors (Lipinski definition) is 6. The third kappa shape index (κ3) is 6.90. The van der Waals surface area contributed by atoms with Crippen molar-refractivity contribution in [1.29, 1.82) is 0 Å². The number of hydrogen-bond donors (Lipinski definition) is 1. The highest BCUT2D eigenvalue weighted by molar-refractivity contribution is 5.84. The molecule has 1 N–H and O–H groups in total. The molecule has 0 radical (unpaired) electrons. The summed E-state index contributed by atoms with van der Waals surface area (Å²) in [4.78, 5) is 31.4. The lowest BCUT2D eigenvalue weighted by Crippen LogP contribution is -2.49. The fraction of sp³-hybridized carbons (Fsp3) is 0.538. The van der Waals surface area contributed by atoms with Gasteiger partial charge in [0.2, 0.25) is 5.91 Å². The molecule has 36 heavy (non-hydrogen) atoms. The minimum absolute atomic E-state index is 0.0127. The Kier molecular flexibility index (Phi) is 9.05. The van der Waals surface area contributed by atoms with Gasteiger partial charge in [-0.3, -0.25) is 4.79 Å². The molecule has 9 nitrogen and oxygen atoms in total. The van der Waals surface area contributed by atoms with E-state index in [0.29, 0.717) is 45.0 Å². The Morgan fingerprint density at radius 2 is 1.92 bits per heavy atom. The highest BCUT2D eigenvalue weighted by atomic mass is 19.1. The van der Waals surface area contributed by atoms with E-state index < -0.39 is 0 Å². The van der Waals surface area contributed by atoms with E-state index >= 15 is 0 Å². The van der Waals surface area contributed by atoms with Gasteiger partial charge in [0.05, 0.1) is 11.8 Å². The Morgan fingerprint density at radius 3 is 2.61 bits per heavy atom. The zero-order valence-electron chi connectivity index (χ0n) is 20.9. The molecule has 10 heteroatoms. The van der Waals surface area contributed by atoms with Crippen molar-refractivity contribution in [3.63, 3.8) is 0 Å². The van der Waals surface area contributed by atoms with Gasteiger partial charge in [-0.05, 0) is 62.1 Å². The fourth-order valence-electron chi connectivity index (χ4n) is 4.52. The van der Waals surface area contributed by atoms with Crippen molar-refractivity contribution in [3.05, 3.63) is 42.2 Å². The highest BCUT2D eigenvalue weighted by Gasteiger charge is 2.27. The van der Waals surface area contributed by atoms with Crippen molar-refractivity contribution in [1.82, 2.24) is 25.3 Å². The molecule has 1 aromatic heterocycles. The lowest BCUT2D eigenvalue weighted by Gasteiger charge is -2.28. The SMILES string of the molecule is CCCNC(=O)N(CC(=O)N1CCCN(c2ccc(-c3ccc(F)cc3)nn2)CC1)CC1CCCO1. The van der Waals surface area contributed by atoms with E-state index in [1.165, 1.54) is 12.1 Å². The second-order valence-electron chi connectivity index (χ2n) is 9.25. The van der Waals surface area contributed by atoms with Gasteiger partial charge >= 0.3 is 6.03 Å². The van der Waals surface area contributed by atoms with Gasteiger partial charge in [-0.2, -0.15) is 0 Å². The number of carbonyl (C=O) groups is 2. The average Bonchev–Trinajstić information content (AvgIpc) is 3.28. The van der Waals surface area contributed by atoms with Crippen LogP contribution in [-0.2, 0) is 9.53 Å². The molecule has 2 fully saturated rings. The smallest absolute Gasteiger partial charge is 0.317 e. The van der Waals surface area contributed by atoms with E-state index in [9.17, 15) is 14.0 Å². The van der Waals surface area contributed by atoms with Gasteiger partial charge in [0.1, 0.15) is 12.4 Å². The van der Waals surface area contributed by atoms with Crippen molar-refractivity contribution in [2.24, 2.45) is 0 Å². The molecule has 0 saturated carbocycles. The predicted molar refractivity (Wildman–Crippen MR) is 135 cm³/mol. The van der Waals surface area contributed by atoms with E-state index in [-0.39, 0.29) is 30.4 Å². The number of ether oxygens (including phenoxy) is 1. The molecular weight excluding hydrogens is 463 g/mol. The second-order valence-corrected chi connectivity index (χ2v) is 9.25. The summed E-state index contributed by atoms with van der Waals surface area (Å²) in [6.07, 6.45) is 3.51. The molecule has 1 unspecified atom stereocenters. The van der Waals surface area contributed by atoms with E-state index in [1.54, 1.807) is 17.0 Å². The Balaban J connectivity index is 1.34. The number of nitrogens with one attached hydrogen (secondary N) is 1. The number of benzene rings is 1. The summed E-state index contributed by atoms with van der Waals surface area (Å²) >= 11 is 0. The largest absolute Gasteiger partial charge is 0.376 e. The molecule has 0 bridgehead atoms. The molecule has 0 spiro atoms. The molecule has 2 aliphatic rings. The van der Waals surface area contributed by atoms with Crippen LogP contribution in [0.4, 0.5) is 15.0 Å². The van der Waals surface area contributed by atoms with Gasteiger partial charge in [0.15, 0.2) is 5.82 Å². The molecule has 1 aromatic carbocycles. The van der Waals surface area contributed by atoms with Crippen LogP contribution < -0.4 is 10.2 Å². The van der Waals surface area contributed by atoms with Crippen molar-refractivity contribution in [2.45, 2.75) is 38.7 Å². The molecule has 4 rings (SSSR count). The van der Waals surface area contributed by atoms with E-state index in [2.05, 4.69) is 20.4 Å². The number of anilines is 1. The number of carbonyl (C=O) groups excluding carboxylic acids is 2. The number of rotatable bonds is 8. The quantitative estimate of drug-likeness (QED) is 0.602. The first kappa shape index (κ1) is 25.8. The summed E-state index contributed by atoms with van der Waals surface area (Å²) < 4.78 is 18.9. The van der Waals surface area contributed by atoms with E-state index in [4.69, 9.17) is 4.74 Å². The van der Waals surface area contributed by atoms with Gasteiger partial charge in [-0.1, -0.05) is 6.92 Å². The lowest BCUT2D eigenvalue weighted by molar-refractivity contribution is -0.131. The van der Waals surface area contributed by atoms with Crippen molar-refractivity contribution >= 4 is 17.8 Å². The average molecular weight is 499 g/mol. The highest BCUT2D eigenvalue weighted by Crippen LogP contribution is 2.20. The third-order valence-electron chi connectivity index (χ3n) is 6.55. The van der Waals surface area contributed by atoms with Gasteiger partial charge in [-0.15, -0.1) is 10.2 Å². The Morgan fingerprint density at radius 1 is 1.08 bits per heavy atom. The predicted octanol–water partition coefficient (Wildman–Crippen LogP) is 2.92. The number of aromatic nitrogens is 2. The first-order chi connectivity index (χ1) is 17.5. The molecule has 0 aliphatic carbocycles. The fourth-order valence-corrected chi connectivity index (χ4v) is 4.52. The van der Waals surface area contributed by atoms with Crippen molar-refractivity contribution in [2.75, 3.05) is 57.3 Å². The van der Waals surface area contributed by atoms with Crippen LogP contribution in [0.15, 0.2) is 36.4 Å². The van der Waals surface area contributed by atoms with Crippen LogP contribution in [0.5, 0.6) is 0 Å². The normalized spacial score (nSPS) is 18.1. The maximum Gasteiger partial charge on any atom is 0.317 e. The number of amides is 3. The zero-order valence-corrected chi connectivity index (χ0v) is 20.9. The van der Waals surface area contributed by atoms with Crippen LogP contribution in [0.1, 0.15) is 32.6 Å². The number of halogens is 1. The van der Waals surface area contributed by atoms with Crippen LogP contribution in [-0.4, -0.2) is 90.5 Å². The first-order valence-electron chi connectivity index (χ1n) is 12.8. The molecule has 2 aromatic rings. The third-order valence-corrected chi connectivity index (χ3v) is 6.55. The lowest BCUT2D eigenvalue weighted by atomic mass is 10.1. The summed E-state index contributed by atoms with van der Waals surface area (Å²) in [5.41, 5.74) is 1.48. The van der Waals surface area contributed by atoms with Crippen LogP contribution >= 0.6 is 0 Å². The van der Waals surface area contributed by atoms with Crippen LogP contribution in [0.3, 0.4) is 0 Å².